The van der Waals surface area contributed by atoms with Crippen molar-refractivity contribution in [1.29, 1.82) is 0 Å². The first-order valence-corrected chi connectivity index (χ1v) is 7.04. The number of aromatic hydroxyl groups is 2. The van der Waals surface area contributed by atoms with Crippen LogP contribution in [0.4, 0.5) is 0 Å². The van der Waals surface area contributed by atoms with E-state index in [1.807, 2.05) is 0 Å². The van der Waals surface area contributed by atoms with E-state index in [2.05, 4.69) is 0 Å². The molecule has 0 radical (unpaired) electrons. The molecule has 0 spiro atoms. The lowest BCUT2D eigenvalue weighted by atomic mass is 9.99. The van der Waals surface area contributed by atoms with Crippen LogP contribution in [0.3, 0.4) is 0 Å². The van der Waals surface area contributed by atoms with E-state index in [-0.39, 0.29) is 11.5 Å². The second kappa shape index (κ2) is 7.60. The largest absolute Gasteiger partial charge is 0.504 e. The highest BCUT2D eigenvalue weighted by atomic mass is 16.7. The number of carbonyl (C=O) groups is 1. The van der Waals surface area contributed by atoms with E-state index in [4.69, 9.17) is 14.6 Å². The Morgan fingerprint density at radius 3 is 2.50 bits per heavy atom. The number of ether oxygens (including phenoxy) is 2. The molecule has 2 rings (SSSR count). The fourth-order valence-electron chi connectivity index (χ4n) is 2.18. The summed E-state index contributed by atoms with van der Waals surface area (Å²) < 4.78 is 9.71. The molecule has 9 heteroatoms. The van der Waals surface area contributed by atoms with Crippen LogP contribution in [0, 0.1) is 0 Å². The fourth-order valence-corrected chi connectivity index (χ4v) is 2.18. The molecule has 0 aliphatic carbocycles. The summed E-state index contributed by atoms with van der Waals surface area (Å²) >= 11 is 0. The predicted octanol–water partition coefficient (Wildman–Crippen LogP) is -1.55. The molecule has 0 unspecified atom stereocenters. The first-order chi connectivity index (χ1) is 11.3. The van der Waals surface area contributed by atoms with Crippen LogP contribution in [0.15, 0.2) is 24.3 Å². The van der Waals surface area contributed by atoms with Gasteiger partial charge in [0.25, 0.3) is 0 Å². The van der Waals surface area contributed by atoms with Crippen LogP contribution >= 0.6 is 0 Å². The molecular weight excluding hydrogens is 324 g/mol. The lowest BCUT2D eigenvalue weighted by molar-refractivity contribution is -0.289. The first kappa shape index (κ1) is 18.2. The van der Waals surface area contributed by atoms with Gasteiger partial charge >= 0.3 is 5.97 Å². The third kappa shape index (κ3) is 4.02. The Balaban J connectivity index is 2.00. The number of esters is 1. The average Bonchev–Trinajstić information content (AvgIpc) is 2.56. The van der Waals surface area contributed by atoms with Crippen molar-refractivity contribution in [3.05, 3.63) is 29.8 Å². The Hall–Kier alpha value is -2.17. The van der Waals surface area contributed by atoms with Gasteiger partial charge in [0.2, 0.25) is 0 Å². The van der Waals surface area contributed by atoms with Crippen molar-refractivity contribution in [2.75, 3.05) is 6.61 Å². The quantitative estimate of drug-likeness (QED) is 0.217. The standard InChI is InChI=1S/C15H18O9/c16-6-10-12(20)13(21)14(15(22)23-10)24-11(19)4-2-7-1-3-8(17)9(18)5-7/h1-5,10,12-18,20-22H,6H2/b4-2+/t10-,12+,13+,14-,15-/m1/s1. The Bertz CT molecular complexity index is 615. The monoisotopic (exact) mass is 342 g/mol. The van der Waals surface area contributed by atoms with Crippen LogP contribution in [0.5, 0.6) is 11.5 Å². The summed E-state index contributed by atoms with van der Waals surface area (Å²) in [7, 11) is 0. The van der Waals surface area contributed by atoms with Gasteiger partial charge in [0.15, 0.2) is 23.9 Å². The number of benzene rings is 1. The van der Waals surface area contributed by atoms with Crippen LogP contribution in [0.2, 0.25) is 0 Å². The molecule has 9 nitrogen and oxygen atoms in total. The van der Waals surface area contributed by atoms with Crippen molar-refractivity contribution in [3.63, 3.8) is 0 Å². The minimum Gasteiger partial charge on any atom is -0.504 e. The summed E-state index contributed by atoms with van der Waals surface area (Å²) in [5.74, 6) is -1.62. The Labute approximate surface area is 136 Å². The second-order valence-electron chi connectivity index (χ2n) is 5.21. The molecule has 1 heterocycles. The van der Waals surface area contributed by atoms with Crippen molar-refractivity contribution >= 4 is 12.0 Å². The van der Waals surface area contributed by atoms with Crippen molar-refractivity contribution < 1.29 is 44.9 Å². The SMILES string of the molecule is O=C(/C=C/c1ccc(O)c(O)c1)O[C@@H]1[C@@H](O)[C@@H](O)[C@@H](CO)O[C@H]1O. The smallest absolute Gasteiger partial charge is 0.331 e. The average molecular weight is 342 g/mol. The van der Waals surface area contributed by atoms with Gasteiger partial charge in [-0.05, 0) is 23.8 Å². The van der Waals surface area contributed by atoms with Crippen molar-refractivity contribution in [3.8, 4) is 11.5 Å². The summed E-state index contributed by atoms with van der Waals surface area (Å²) in [5, 5.41) is 56.7. The van der Waals surface area contributed by atoms with Gasteiger partial charge in [0, 0.05) is 6.08 Å². The topological polar surface area (TPSA) is 157 Å². The number of hydrogen-bond acceptors (Lipinski definition) is 9. The molecule has 1 aromatic rings. The second-order valence-corrected chi connectivity index (χ2v) is 5.21. The number of aliphatic hydroxyl groups is 4. The maximum Gasteiger partial charge on any atom is 0.331 e. The fraction of sp³-hybridized carbons (Fsp3) is 0.400. The third-order valence-electron chi connectivity index (χ3n) is 3.51. The van der Waals surface area contributed by atoms with Crippen molar-refractivity contribution in [2.24, 2.45) is 0 Å². The Morgan fingerprint density at radius 2 is 1.88 bits per heavy atom. The van der Waals surface area contributed by atoms with Gasteiger partial charge in [-0.1, -0.05) is 6.07 Å². The molecule has 1 saturated heterocycles. The molecule has 24 heavy (non-hydrogen) atoms. The highest BCUT2D eigenvalue weighted by Gasteiger charge is 2.45. The molecule has 0 aromatic heterocycles. The van der Waals surface area contributed by atoms with E-state index in [1.165, 1.54) is 24.3 Å². The Morgan fingerprint density at radius 1 is 1.17 bits per heavy atom. The van der Waals surface area contributed by atoms with Gasteiger partial charge in [-0.15, -0.1) is 0 Å². The Kier molecular flexibility index (Phi) is 5.75. The van der Waals surface area contributed by atoms with E-state index in [0.717, 1.165) is 6.08 Å². The maximum atomic E-state index is 11.8. The molecule has 132 valence electrons. The van der Waals surface area contributed by atoms with Crippen LogP contribution in [-0.2, 0) is 14.3 Å². The lowest BCUT2D eigenvalue weighted by Gasteiger charge is -2.39. The molecule has 1 aliphatic heterocycles. The number of hydrogen-bond donors (Lipinski definition) is 6. The summed E-state index contributed by atoms with van der Waals surface area (Å²) in [6.45, 7) is -0.625. The van der Waals surface area contributed by atoms with Gasteiger partial charge in [0.1, 0.15) is 18.3 Å². The summed E-state index contributed by atoms with van der Waals surface area (Å²) in [6, 6.07) is 3.87. The molecular formula is C15H18O9. The number of phenols is 2. The number of rotatable bonds is 4. The summed E-state index contributed by atoms with van der Waals surface area (Å²) in [5.41, 5.74) is 0.392. The van der Waals surface area contributed by atoms with Gasteiger partial charge in [-0.25, -0.2) is 4.79 Å². The molecule has 1 aliphatic rings. The van der Waals surface area contributed by atoms with E-state index in [9.17, 15) is 30.3 Å². The molecule has 5 atom stereocenters. The van der Waals surface area contributed by atoms with Gasteiger partial charge in [0.05, 0.1) is 6.61 Å². The van der Waals surface area contributed by atoms with Gasteiger partial charge in [-0.2, -0.15) is 0 Å². The van der Waals surface area contributed by atoms with Gasteiger partial charge in [-0.3, -0.25) is 0 Å². The van der Waals surface area contributed by atoms with Crippen LogP contribution in [-0.4, -0.2) is 73.9 Å². The molecule has 1 aromatic carbocycles. The maximum absolute atomic E-state index is 11.8. The molecule has 0 amide bonds. The summed E-state index contributed by atoms with van der Waals surface area (Å²) in [6.07, 6.45) is -5.37. The molecule has 0 saturated carbocycles. The highest BCUT2D eigenvalue weighted by Crippen LogP contribution is 2.26. The number of carbonyl (C=O) groups excluding carboxylic acids is 1. The van der Waals surface area contributed by atoms with E-state index in [0.29, 0.717) is 5.56 Å². The zero-order valence-electron chi connectivity index (χ0n) is 12.4. The predicted molar refractivity (Wildman–Crippen MR) is 78.7 cm³/mol. The normalized spacial score (nSPS) is 30.4. The zero-order chi connectivity index (χ0) is 17.9. The minimum atomic E-state index is -1.71. The first-order valence-electron chi connectivity index (χ1n) is 7.04. The van der Waals surface area contributed by atoms with Crippen molar-refractivity contribution in [1.82, 2.24) is 0 Å². The number of aliphatic hydroxyl groups excluding tert-OH is 4. The van der Waals surface area contributed by atoms with Crippen LogP contribution in [0.1, 0.15) is 5.56 Å². The molecule has 6 N–H and O–H groups in total. The van der Waals surface area contributed by atoms with E-state index < -0.39 is 43.3 Å². The third-order valence-corrected chi connectivity index (χ3v) is 3.51. The lowest BCUT2D eigenvalue weighted by Crippen LogP contribution is -2.59. The molecule has 1 fully saturated rings. The highest BCUT2D eigenvalue weighted by molar-refractivity contribution is 5.87. The minimum absolute atomic E-state index is 0.312. The van der Waals surface area contributed by atoms with Crippen LogP contribution in [0.25, 0.3) is 6.08 Å². The number of phenolic OH excluding ortho intramolecular Hbond substituents is 2. The molecule has 0 bridgehead atoms. The van der Waals surface area contributed by atoms with Crippen LogP contribution < -0.4 is 0 Å². The summed E-state index contributed by atoms with van der Waals surface area (Å²) in [4.78, 5) is 11.8. The van der Waals surface area contributed by atoms with E-state index in [1.54, 1.807) is 0 Å². The van der Waals surface area contributed by atoms with Crippen molar-refractivity contribution in [2.45, 2.75) is 30.7 Å². The zero-order valence-corrected chi connectivity index (χ0v) is 12.4. The van der Waals surface area contributed by atoms with E-state index >= 15 is 0 Å². The van der Waals surface area contributed by atoms with Gasteiger partial charge < -0.3 is 40.1 Å².